The third-order valence-electron chi connectivity index (χ3n) is 3.87. The zero-order valence-electron chi connectivity index (χ0n) is 11.4. The molecule has 3 nitrogen and oxygen atoms in total. The fourth-order valence-corrected chi connectivity index (χ4v) is 2.90. The van der Waals surface area contributed by atoms with Crippen molar-refractivity contribution in [3.63, 3.8) is 0 Å². The summed E-state index contributed by atoms with van der Waals surface area (Å²) in [5.74, 6) is 0. The third-order valence-corrected chi connectivity index (χ3v) is 3.87. The molecule has 0 atom stereocenters. The molecule has 1 aromatic heterocycles. The lowest BCUT2D eigenvalue weighted by atomic mass is 9.81. The van der Waals surface area contributed by atoms with E-state index < -0.39 is 0 Å². The normalized spacial score (nSPS) is 19.1. The van der Waals surface area contributed by atoms with E-state index >= 15 is 0 Å². The van der Waals surface area contributed by atoms with Crippen LogP contribution in [0.1, 0.15) is 45.2 Å². The lowest BCUT2D eigenvalue weighted by Gasteiger charge is -2.29. The summed E-state index contributed by atoms with van der Waals surface area (Å²) in [6, 6.07) is 2.74. The Labute approximate surface area is 105 Å². The first kappa shape index (κ1) is 12.6. The van der Waals surface area contributed by atoms with Crippen molar-refractivity contribution in [2.45, 2.75) is 52.0 Å². The molecule has 0 aliphatic heterocycles. The lowest BCUT2D eigenvalue weighted by Crippen LogP contribution is -2.37. The average molecular weight is 235 g/mol. The first-order valence-corrected chi connectivity index (χ1v) is 6.82. The molecule has 0 spiro atoms. The molecule has 0 unspecified atom stereocenters. The summed E-state index contributed by atoms with van der Waals surface area (Å²) < 4.78 is 1.91. The topological polar surface area (TPSA) is 29.9 Å². The van der Waals surface area contributed by atoms with Gasteiger partial charge in [0.2, 0.25) is 0 Å². The number of nitrogens with zero attached hydrogens (tertiary/aromatic N) is 2. The summed E-state index contributed by atoms with van der Waals surface area (Å²) in [5.41, 5.74) is 1.71. The van der Waals surface area contributed by atoms with Gasteiger partial charge in [-0.05, 0) is 30.7 Å². The summed E-state index contributed by atoms with van der Waals surface area (Å²) in [6.45, 7) is 5.59. The van der Waals surface area contributed by atoms with E-state index in [1.165, 1.54) is 31.4 Å². The Kier molecular flexibility index (Phi) is 3.87. The number of nitrogens with one attached hydrogen (secondary N) is 1. The van der Waals surface area contributed by atoms with E-state index in [2.05, 4.69) is 30.3 Å². The second-order valence-corrected chi connectivity index (χ2v) is 5.90. The van der Waals surface area contributed by atoms with Gasteiger partial charge in [-0.25, -0.2) is 0 Å². The molecule has 0 radical (unpaired) electrons. The van der Waals surface area contributed by atoms with Crippen LogP contribution in [0.15, 0.2) is 12.3 Å². The molecule has 0 amide bonds. The highest BCUT2D eigenvalue weighted by molar-refractivity contribution is 5.05. The number of hydrogen-bond acceptors (Lipinski definition) is 2. The standard InChI is InChI=1S/C14H25N3/c1-12(2)15-11-14(7-4-5-8-14)10-13-6-9-17(3)16-13/h6,9,12,15H,4-5,7-8,10-11H2,1-3H3. The van der Waals surface area contributed by atoms with Crippen molar-refractivity contribution in [2.75, 3.05) is 6.54 Å². The van der Waals surface area contributed by atoms with Gasteiger partial charge in [-0.2, -0.15) is 5.10 Å². The van der Waals surface area contributed by atoms with Gasteiger partial charge in [-0.3, -0.25) is 4.68 Å². The predicted octanol–water partition coefficient (Wildman–Crippen LogP) is 2.52. The second kappa shape index (κ2) is 5.21. The highest BCUT2D eigenvalue weighted by atomic mass is 15.2. The Morgan fingerprint density at radius 3 is 2.65 bits per heavy atom. The van der Waals surface area contributed by atoms with Gasteiger partial charge in [-0.1, -0.05) is 26.7 Å². The Morgan fingerprint density at radius 1 is 1.41 bits per heavy atom. The van der Waals surface area contributed by atoms with Gasteiger partial charge >= 0.3 is 0 Å². The Balaban J connectivity index is 2.01. The van der Waals surface area contributed by atoms with Crippen LogP contribution in [0.2, 0.25) is 0 Å². The van der Waals surface area contributed by atoms with Crippen LogP contribution in [0.3, 0.4) is 0 Å². The van der Waals surface area contributed by atoms with E-state index in [4.69, 9.17) is 0 Å². The van der Waals surface area contributed by atoms with E-state index in [1.807, 2.05) is 17.9 Å². The van der Waals surface area contributed by atoms with Crippen molar-refractivity contribution >= 4 is 0 Å². The highest BCUT2D eigenvalue weighted by Crippen LogP contribution is 2.40. The van der Waals surface area contributed by atoms with Crippen LogP contribution in [0.4, 0.5) is 0 Å². The van der Waals surface area contributed by atoms with Crippen LogP contribution in [-0.2, 0) is 13.5 Å². The number of aromatic nitrogens is 2. The summed E-state index contributed by atoms with van der Waals surface area (Å²) in [7, 11) is 2.00. The molecule has 1 aliphatic carbocycles. The maximum absolute atomic E-state index is 4.54. The van der Waals surface area contributed by atoms with E-state index in [0.717, 1.165) is 13.0 Å². The quantitative estimate of drug-likeness (QED) is 0.850. The van der Waals surface area contributed by atoms with Crippen LogP contribution < -0.4 is 5.32 Å². The molecule has 1 aromatic rings. The molecule has 1 fully saturated rings. The first-order chi connectivity index (χ1) is 8.10. The summed E-state index contributed by atoms with van der Waals surface area (Å²) in [5, 5.41) is 8.16. The molecule has 0 saturated heterocycles. The molecule has 2 rings (SSSR count). The van der Waals surface area contributed by atoms with Crippen LogP contribution in [-0.4, -0.2) is 22.4 Å². The summed E-state index contributed by atoms with van der Waals surface area (Å²) in [4.78, 5) is 0. The Bertz CT molecular complexity index is 348. The molecule has 0 bridgehead atoms. The average Bonchev–Trinajstić information content (AvgIpc) is 2.87. The van der Waals surface area contributed by atoms with Gasteiger partial charge in [-0.15, -0.1) is 0 Å². The van der Waals surface area contributed by atoms with Crippen molar-refractivity contribution in [3.05, 3.63) is 18.0 Å². The molecule has 96 valence electrons. The molecular formula is C14H25N3. The van der Waals surface area contributed by atoms with Crippen molar-refractivity contribution in [1.29, 1.82) is 0 Å². The van der Waals surface area contributed by atoms with Crippen molar-refractivity contribution in [1.82, 2.24) is 15.1 Å². The zero-order valence-corrected chi connectivity index (χ0v) is 11.4. The van der Waals surface area contributed by atoms with Gasteiger partial charge in [0.05, 0.1) is 5.69 Å². The SMILES string of the molecule is CC(C)NCC1(Cc2ccn(C)n2)CCCC1. The first-order valence-electron chi connectivity index (χ1n) is 6.82. The molecule has 1 saturated carbocycles. The maximum Gasteiger partial charge on any atom is 0.0630 e. The van der Waals surface area contributed by atoms with Crippen LogP contribution in [0.5, 0.6) is 0 Å². The predicted molar refractivity (Wildman–Crippen MR) is 71.0 cm³/mol. The fraction of sp³-hybridized carbons (Fsp3) is 0.786. The smallest absolute Gasteiger partial charge is 0.0630 e. The largest absolute Gasteiger partial charge is 0.314 e. The molecule has 17 heavy (non-hydrogen) atoms. The van der Waals surface area contributed by atoms with Crippen LogP contribution >= 0.6 is 0 Å². The van der Waals surface area contributed by atoms with E-state index in [1.54, 1.807) is 0 Å². The minimum Gasteiger partial charge on any atom is -0.314 e. The van der Waals surface area contributed by atoms with Gasteiger partial charge in [0.1, 0.15) is 0 Å². The Morgan fingerprint density at radius 2 is 2.12 bits per heavy atom. The van der Waals surface area contributed by atoms with E-state index in [9.17, 15) is 0 Å². The molecule has 3 heteroatoms. The number of rotatable bonds is 5. The second-order valence-electron chi connectivity index (χ2n) is 5.90. The van der Waals surface area contributed by atoms with Crippen molar-refractivity contribution in [3.8, 4) is 0 Å². The highest BCUT2D eigenvalue weighted by Gasteiger charge is 2.34. The van der Waals surface area contributed by atoms with Crippen molar-refractivity contribution < 1.29 is 0 Å². The molecule has 1 aliphatic rings. The van der Waals surface area contributed by atoms with Gasteiger partial charge < -0.3 is 5.32 Å². The van der Waals surface area contributed by atoms with E-state index in [-0.39, 0.29) is 0 Å². The number of aryl methyl sites for hydroxylation is 1. The Hall–Kier alpha value is -0.830. The van der Waals surface area contributed by atoms with Crippen LogP contribution in [0.25, 0.3) is 0 Å². The third kappa shape index (κ3) is 3.32. The molecule has 0 aromatic carbocycles. The molecule has 1 heterocycles. The zero-order chi connectivity index (χ0) is 12.3. The minimum absolute atomic E-state index is 0.457. The number of hydrogen-bond donors (Lipinski definition) is 1. The summed E-state index contributed by atoms with van der Waals surface area (Å²) >= 11 is 0. The monoisotopic (exact) mass is 235 g/mol. The lowest BCUT2D eigenvalue weighted by molar-refractivity contribution is 0.266. The van der Waals surface area contributed by atoms with Gasteiger partial charge in [0, 0.05) is 25.8 Å². The molecule has 1 N–H and O–H groups in total. The summed E-state index contributed by atoms with van der Waals surface area (Å²) in [6.07, 6.45) is 8.65. The van der Waals surface area contributed by atoms with Gasteiger partial charge in [0.15, 0.2) is 0 Å². The molecular weight excluding hydrogens is 210 g/mol. The minimum atomic E-state index is 0.457. The van der Waals surface area contributed by atoms with Gasteiger partial charge in [0.25, 0.3) is 0 Å². The van der Waals surface area contributed by atoms with Crippen LogP contribution in [0, 0.1) is 5.41 Å². The maximum atomic E-state index is 4.54. The fourth-order valence-electron chi connectivity index (χ4n) is 2.90. The van der Waals surface area contributed by atoms with Crippen molar-refractivity contribution in [2.24, 2.45) is 12.5 Å². The van der Waals surface area contributed by atoms with E-state index in [0.29, 0.717) is 11.5 Å².